The zero-order valence-electron chi connectivity index (χ0n) is 10.6. The van der Waals surface area contributed by atoms with Crippen LogP contribution in [0.3, 0.4) is 0 Å². The van der Waals surface area contributed by atoms with Gasteiger partial charge in [0.25, 0.3) is 0 Å². The van der Waals surface area contributed by atoms with Crippen LogP contribution < -0.4 is 5.32 Å². The molecule has 0 spiro atoms. The number of hydrogen-bond donors (Lipinski definition) is 2. The molecular formula is C12H20N2O3S. The van der Waals surface area contributed by atoms with E-state index in [0.717, 1.165) is 24.3 Å². The number of thioether (sulfide) groups is 1. The fourth-order valence-electron chi connectivity index (χ4n) is 2.56. The lowest BCUT2D eigenvalue weighted by molar-refractivity contribution is -0.142. The molecule has 18 heavy (non-hydrogen) atoms. The number of rotatable bonds is 2. The maximum Gasteiger partial charge on any atom is 0.317 e. The Hall–Kier alpha value is -0.910. The molecule has 0 bridgehead atoms. The zero-order valence-corrected chi connectivity index (χ0v) is 11.4. The second-order valence-corrected chi connectivity index (χ2v) is 6.39. The van der Waals surface area contributed by atoms with E-state index in [9.17, 15) is 9.59 Å². The van der Waals surface area contributed by atoms with Gasteiger partial charge in [0.1, 0.15) is 0 Å². The van der Waals surface area contributed by atoms with Crippen molar-refractivity contribution in [3.05, 3.63) is 0 Å². The molecule has 2 heterocycles. The minimum absolute atomic E-state index is 0.0372. The molecule has 2 saturated heterocycles. The lowest BCUT2D eigenvalue weighted by atomic mass is 9.99. The number of nitrogens with one attached hydrogen (secondary N) is 1. The number of carbonyl (C=O) groups excluding carboxylic acids is 1. The number of likely N-dealkylation sites (tertiary alicyclic amines) is 1. The Labute approximate surface area is 111 Å². The summed E-state index contributed by atoms with van der Waals surface area (Å²) in [5.74, 6) is 1.01. The Kier molecular flexibility index (Phi) is 4.37. The van der Waals surface area contributed by atoms with Crippen LogP contribution >= 0.6 is 11.8 Å². The fourth-order valence-corrected chi connectivity index (χ4v) is 3.67. The molecule has 5 nitrogen and oxygen atoms in total. The quantitative estimate of drug-likeness (QED) is 0.793. The number of carboxylic acids is 1. The highest BCUT2D eigenvalue weighted by Gasteiger charge is 2.37. The van der Waals surface area contributed by atoms with Gasteiger partial charge in [-0.3, -0.25) is 4.79 Å². The first-order valence-corrected chi connectivity index (χ1v) is 7.59. The van der Waals surface area contributed by atoms with E-state index in [1.807, 2.05) is 18.7 Å². The summed E-state index contributed by atoms with van der Waals surface area (Å²) in [6.07, 6.45) is 2.03. The largest absolute Gasteiger partial charge is 0.481 e. The highest BCUT2D eigenvalue weighted by molar-refractivity contribution is 7.99. The lowest BCUT2D eigenvalue weighted by Crippen LogP contribution is -2.45. The maximum absolute atomic E-state index is 12.0. The summed E-state index contributed by atoms with van der Waals surface area (Å²) in [5, 5.41) is 12.1. The molecule has 2 aliphatic rings. The number of amides is 2. The van der Waals surface area contributed by atoms with E-state index in [1.165, 1.54) is 0 Å². The Morgan fingerprint density at radius 3 is 2.50 bits per heavy atom. The van der Waals surface area contributed by atoms with E-state index in [0.29, 0.717) is 13.1 Å². The maximum atomic E-state index is 12.0. The van der Waals surface area contributed by atoms with E-state index in [-0.39, 0.29) is 18.0 Å². The summed E-state index contributed by atoms with van der Waals surface area (Å²) >= 11 is 1.92. The van der Waals surface area contributed by atoms with Gasteiger partial charge in [-0.2, -0.15) is 11.8 Å². The standard InChI is InChI=1S/C12H20N2O3S/c1-8-6-14(7-10(8)11(15)16)12(17)13-9-2-4-18-5-3-9/h8-10H,2-7H2,1H3,(H,13,17)(H,15,16). The van der Waals surface area contributed by atoms with Crippen molar-refractivity contribution < 1.29 is 14.7 Å². The molecule has 2 atom stereocenters. The van der Waals surface area contributed by atoms with Crippen molar-refractivity contribution in [2.45, 2.75) is 25.8 Å². The van der Waals surface area contributed by atoms with Gasteiger partial charge in [-0.25, -0.2) is 4.79 Å². The molecule has 2 N–H and O–H groups in total. The Morgan fingerprint density at radius 1 is 1.28 bits per heavy atom. The molecule has 102 valence electrons. The van der Waals surface area contributed by atoms with Crippen molar-refractivity contribution in [1.82, 2.24) is 10.2 Å². The molecule has 0 radical (unpaired) electrons. The van der Waals surface area contributed by atoms with Gasteiger partial charge in [0.2, 0.25) is 0 Å². The van der Waals surface area contributed by atoms with Gasteiger partial charge in [-0.15, -0.1) is 0 Å². The molecule has 6 heteroatoms. The Bertz CT molecular complexity index is 331. The highest BCUT2D eigenvalue weighted by atomic mass is 32.2. The highest BCUT2D eigenvalue weighted by Crippen LogP contribution is 2.24. The van der Waals surface area contributed by atoms with Crippen LogP contribution in [-0.4, -0.2) is 52.6 Å². The zero-order chi connectivity index (χ0) is 13.1. The van der Waals surface area contributed by atoms with Crippen LogP contribution in [0.2, 0.25) is 0 Å². The third-order valence-electron chi connectivity index (χ3n) is 3.77. The normalized spacial score (nSPS) is 29.3. The number of hydrogen-bond acceptors (Lipinski definition) is 3. The summed E-state index contributed by atoms with van der Waals surface area (Å²) in [7, 11) is 0. The van der Waals surface area contributed by atoms with Gasteiger partial charge in [-0.1, -0.05) is 6.92 Å². The van der Waals surface area contributed by atoms with Crippen LogP contribution in [0.1, 0.15) is 19.8 Å². The molecule has 0 saturated carbocycles. The lowest BCUT2D eigenvalue weighted by Gasteiger charge is -2.25. The SMILES string of the molecule is CC1CN(C(=O)NC2CCSCC2)CC1C(=O)O. The summed E-state index contributed by atoms with van der Waals surface area (Å²) in [6.45, 7) is 2.78. The molecule has 2 unspecified atom stereocenters. The van der Waals surface area contributed by atoms with E-state index in [4.69, 9.17) is 5.11 Å². The monoisotopic (exact) mass is 272 g/mol. The Balaban J connectivity index is 1.84. The van der Waals surface area contributed by atoms with Crippen molar-refractivity contribution in [2.75, 3.05) is 24.6 Å². The second-order valence-electron chi connectivity index (χ2n) is 5.16. The van der Waals surface area contributed by atoms with Crippen LogP contribution in [-0.2, 0) is 4.79 Å². The van der Waals surface area contributed by atoms with Crippen molar-refractivity contribution >= 4 is 23.8 Å². The molecule has 2 amide bonds. The van der Waals surface area contributed by atoms with Crippen LogP contribution in [0.15, 0.2) is 0 Å². The van der Waals surface area contributed by atoms with Gasteiger partial charge in [0.05, 0.1) is 5.92 Å². The topological polar surface area (TPSA) is 69.6 Å². The minimum Gasteiger partial charge on any atom is -0.481 e. The predicted molar refractivity (Wildman–Crippen MR) is 70.7 cm³/mol. The van der Waals surface area contributed by atoms with Gasteiger partial charge >= 0.3 is 12.0 Å². The molecule has 2 fully saturated rings. The third kappa shape index (κ3) is 3.10. The molecule has 0 aromatic heterocycles. The first-order valence-electron chi connectivity index (χ1n) is 6.44. The predicted octanol–water partition coefficient (Wildman–Crippen LogP) is 1.24. The van der Waals surface area contributed by atoms with E-state index >= 15 is 0 Å². The summed E-state index contributed by atoms with van der Waals surface area (Å²) in [5.41, 5.74) is 0. The van der Waals surface area contributed by atoms with Crippen molar-refractivity contribution in [1.29, 1.82) is 0 Å². The molecule has 0 aromatic rings. The Morgan fingerprint density at radius 2 is 1.94 bits per heavy atom. The van der Waals surface area contributed by atoms with E-state index in [2.05, 4.69) is 5.32 Å². The average Bonchev–Trinajstić information content (AvgIpc) is 2.73. The van der Waals surface area contributed by atoms with E-state index < -0.39 is 11.9 Å². The van der Waals surface area contributed by atoms with Crippen LogP contribution in [0.5, 0.6) is 0 Å². The van der Waals surface area contributed by atoms with Crippen LogP contribution in [0, 0.1) is 11.8 Å². The molecule has 0 aromatic carbocycles. The van der Waals surface area contributed by atoms with Crippen molar-refractivity contribution in [3.8, 4) is 0 Å². The third-order valence-corrected chi connectivity index (χ3v) is 4.81. The average molecular weight is 272 g/mol. The summed E-state index contributed by atoms with van der Waals surface area (Å²) < 4.78 is 0. The van der Waals surface area contributed by atoms with Crippen LogP contribution in [0.4, 0.5) is 4.79 Å². The van der Waals surface area contributed by atoms with E-state index in [1.54, 1.807) is 4.90 Å². The number of aliphatic carboxylic acids is 1. The summed E-state index contributed by atoms with van der Waals surface area (Å²) in [6, 6.07) is 0.167. The van der Waals surface area contributed by atoms with Crippen molar-refractivity contribution in [2.24, 2.45) is 11.8 Å². The number of nitrogens with zero attached hydrogens (tertiary/aromatic N) is 1. The number of carboxylic acid groups (broad SMARTS) is 1. The van der Waals surface area contributed by atoms with Gasteiger partial charge in [-0.05, 0) is 30.3 Å². The molecule has 2 rings (SSSR count). The fraction of sp³-hybridized carbons (Fsp3) is 0.833. The van der Waals surface area contributed by atoms with Gasteiger partial charge in [0, 0.05) is 19.1 Å². The van der Waals surface area contributed by atoms with Crippen molar-refractivity contribution in [3.63, 3.8) is 0 Å². The second kappa shape index (κ2) is 5.82. The minimum atomic E-state index is -0.799. The summed E-state index contributed by atoms with van der Waals surface area (Å²) in [4.78, 5) is 24.7. The van der Waals surface area contributed by atoms with Gasteiger partial charge < -0.3 is 15.3 Å². The first kappa shape index (κ1) is 13.5. The smallest absolute Gasteiger partial charge is 0.317 e. The van der Waals surface area contributed by atoms with Crippen LogP contribution in [0.25, 0.3) is 0 Å². The molecule has 0 aliphatic carbocycles. The molecule has 2 aliphatic heterocycles. The first-order chi connectivity index (χ1) is 8.58. The number of carbonyl (C=O) groups is 2. The molecular weight excluding hydrogens is 252 g/mol. The number of urea groups is 1. The van der Waals surface area contributed by atoms with Gasteiger partial charge in [0.15, 0.2) is 0 Å².